The zero-order valence-corrected chi connectivity index (χ0v) is 16.7. The predicted octanol–water partition coefficient (Wildman–Crippen LogP) is 4.27. The lowest BCUT2D eigenvalue weighted by atomic mass is 10.1. The van der Waals surface area contributed by atoms with Crippen molar-refractivity contribution in [2.45, 2.75) is 13.3 Å². The molecule has 2 aromatic carbocycles. The molecule has 0 bridgehead atoms. The molecule has 1 amide bonds. The average molecular weight is 398 g/mol. The van der Waals surface area contributed by atoms with Gasteiger partial charge in [-0.2, -0.15) is 0 Å². The minimum atomic E-state index is -0.182. The highest BCUT2D eigenvalue weighted by Crippen LogP contribution is 2.23. The van der Waals surface area contributed by atoms with Crippen LogP contribution in [0.3, 0.4) is 0 Å². The number of hydrogen-bond donors (Lipinski definition) is 2. The summed E-state index contributed by atoms with van der Waals surface area (Å²) in [4.78, 5) is 16.7. The van der Waals surface area contributed by atoms with Gasteiger partial charge in [0.25, 0.3) is 5.91 Å². The SMILES string of the molecule is CCOc1ccc(Nc2nc(C(=O)NCCc3cccc(OC)c3)cs2)cc1. The molecule has 146 valence electrons. The molecule has 1 heterocycles. The number of nitrogens with one attached hydrogen (secondary N) is 2. The summed E-state index contributed by atoms with van der Waals surface area (Å²) >= 11 is 1.39. The molecule has 6 nitrogen and oxygen atoms in total. The van der Waals surface area contributed by atoms with Crippen molar-refractivity contribution in [1.82, 2.24) is 10.3 Å². The predicted molar refractivity (Wildman–Crippen MR) is 112 cm³/mol. The molecule has 0 fully saturated rings. The maximum Gasteiger partial charge on any atom is 0.270 e. The summed E-state index contributed by atoms with van der Waals surface area (Å²) in [6.45, 7) is 3.12. The van der Waals surface area contributed by atoms with E-state index in [4.69, 9.17) is 9.47 Å². The molecule has 0 radical (unpaired) electrons. The molecule has 7 heteroatoms. The smallest absolute Gasteiger partial charge is 0.270 e. The summed E-state index contributed by atoms with van der Waals surface area (Å²) < 4.78 is 10.6. The van der Waals surface area contributed by atoms with E-state index in [1.54, 1.807) is 12.5 Å². The summed E-state index contributed by atoms with van der Waals surface area (Å²) in [5.74, 6) is 1.45. The second kappa shape index (κ2) is 9.75. The molecule has 3 aromatic rings. The monoisotopic (exact) mass is 397 g/mol. The lowest BCUT2D eigenvalue weighted by Gasteiger charge is -2.06. The van der Waals surface area contributed by atoms with Crippen LogP contribution in [0.4, 0.5) is 10.8 Å². The van der Waals surface area contributed by atoms with Gasteiger partial charge in [-0.05, 0) is 55.3 Å². The highest BCUT2D eigenvalue weighted by Gasteiger charge is 2.10. The van der Waals surface area contributed by atoms with Gasteiger partial charge in [-0.1, -0.05) is 12.1 Å². The average Bonchev–Trinajstić information content (AvgIpc) is 3.18. The molecule has 1 aromatic heterocycles. The van der Waals surface area contributed by atoms with Gasteiger partial charge >= 0.3 is 0 Å². The minimum Gasteiger partial charge on any atom is -0.497 e. The van der Waals surface area contributed by atoms with Crippen molar-refractivity contribution in [3.63, 3.8) is 0 Å². The maximum atomic E-state index is 12.3. The van der Waals surface area contributed by atoms with Crippen molar-refractivity contribution in [3.05, 3.63) is 65.2 Å². The third-order valence-corrected chi connectivity index (χ3v) is 4.74. The molecular formula is C21H23N3O3S. The maximum absolute atomic E-state index is 12.3. The number of amides is 1. The van der Waals surface area contributed by atoms with Crippen LogP contribution < -0.4 is 20.1 Å². The van der Waals surface area contributed by atoms with Crippen LogP contribution in [-0.4, -0.2) is 31.2 Å². The molecule has 0 atom stereocenters. The Morgan fingerprint density at radius 2 is 1.96 bits per heavy atom. The van der Waals surface area contributed by atoms with Crippen LogP contribution in [-0.2, 0) is 6.42 Å². The lowest BCUT2D eigenvalue weighted by Crippen LogP contribution is -2.26. The van der Waals surface area contributed by atoms with Crippen LogP contribution in [0.5, 0.6) is 11.5 Å². The number of methoxy groups -OCH3 is 1. The molecule has 0 saturated carbocycles. The van der Waals surface area contributed by atoms with E-state index in [2.05, 4.69) is 15.6 Å². The largest absolute Gasteiger partial charge is 0.497 e. The van der Waals surface area contributed by atoms with Crippen LogP contribution in [0.1, 0.15) is 23.0 Å². The molecule has 28 heavy (non-hydrogen) atoms. The Morgan fingerprint density at radius 1 is 1.14 bits per heavy atom. The van der Waals surface area contributed by atoms with Gasteiger partial charge in [-0.3, -0.25) is 4.79 Å². The van der Waals surface area contributed by atoms with Gasteiger partial charge in [0.15, 0.2) is 5.13 Å². The standard InChI is InChI=1S/C21H23N3O3S/c1-3-27-17-9-7-16(8-10-17)23-21-24-19(14-28-21)20(25)22-12-11-15-5-4-6-18(13-15)26-2/h4-10,13-14H,3,11-12H2,1-2H3,(H,22,25)(H,23,24). The Bertz CT molecular complexity index is 909. The van der Waals surface area contributed by atoms with Gasteiger partial charge in [0.05, 0.1) is 13.7 Å². The van der Waals surface area contributed by atoms with Crippen molar-refractivity contribution in [2.24, 2.45) is 0 Å². The highest BCUT2D eigenvalue weighted by molar-refractivity contribution is 7.14. The van der Waals surface area contributed by atoms with Crippen LogP contribution in [0.15, 0.2) is 53.9 Å². The normalized spacial score (nSPS) is 10.4. The number of carbonyl (C=O) groups is 1. The van der Waals surface area contributed by atoms with Crippen LogP contribution in [0.25, 0.3) is 0 Å². The van der Waals surface area contributed by atoms with E-state index in [1.165, 1.54) is 11.3 Å². The first-order valence-electron chi connectivity index (χ1n) is 9.04. The van der Waals surface area contributed by atoms with Gasteiger partial charge in [-0.25, -0.2) is 4.98 Å². The van der Waals surface area contributed by atoms with Crippen LogP contribution >= 0.6 is 11.3 Å². The third-order valence-electron chi connectivity index (χ3n) is 3.99. The molecule has 0 saturated heterocycles. The van der Waals surface area contributed by atoms with E-state index in [9.17, 15) is 4.79 Å². The molecular weight excluding hydrogens is 374 g/mol. The number of carbonyl (C=O) groups excluding carboxylic acids is 1. The number of aromatic nitrogens is 1. The first-order chi connectivity index (χ1) is 13.7. The van der Waals surface area contributed by atoms with Gasteiger partial charge in [-0.15, -0.1) is 11.3 Å². The van der Waals surface area contributed by atoms with E-state index in [0.717, 1.165) is 29.2 Å². The Labute approximate surface area is 168 Å². The second-order valence-corrected chi connectivity index (χ2v) is 6.84. The second-order valence-electron chi connectivity index (χ2n) is 5.98. The Hall–Kier alpha value is -3.06. The van der Waals surface area contributed by atoms with Gasteiger partial charge < -0.3 is 20.1 Å². The topological polar surface area (TPSA) is 72.5 Å². The fraction of sp³-hybridized carbons (Fsp3) is 0.238. The number of hydrogen-bond acceptors (Lipinski definition) is 6. The number of thiazole rings is 1. The molecule has 0 spiro atoms. The quantitative estimate of drug-likeness (QED) is 0.564. The zero-order valence-electron chi connectivity index (χ0n) is 15.9. The highest BCUT2D eigenvalue weighted by atomic mass is 32.1. The first kappa shape index (κ1) is 19.7. The van der Waals surface area contributed by atoms with Gasteiger partial charge in [0, 0.05) is 17.6 Å². The molecule has 0 aliphatic rings. The van der Waals surface area contributed by atoms with Crippen LogP contribution in [0, 0.1) is 0 Å². The van der Waals surface area contributed by atoms with E-state index in [1.807, 2.05) is 55.5 Å². The lowest BCUT2D eigenvalue weighted by molar-refractivity contribution is 0.0950. The Kier molecular flexibility index (Phi) is 6.86. The number of nitrogens with zero attached hydrogens (tertiary/aromatic N) is 1. The third kappa shape index (κ3) is 5.47. The fourth-order valence-electron chi connectivity index (χ4n) is 2.60. The summed E-state index contributed by atoms with van der Waals surface area (Å²) in [5, 5.41) is 8.52. The fourth-order valence-corrected chi connectivity index (χ4v) is 3.31. The summed E-state index contributed by atoms with van der Waals surface area (Å²) in [5.41, 5.74) is 2.41. The summed E-state index contributed by atoms with van der Waals surface area (Å²) in [6.07, 6.45) is 0.727. The van der Waals surface area contributed by atoms with E-state index >= 15 is 0 Å². The van der Waals surface area contributed by atoms with Gasteiger partial charge in [0.1, 0.15) is 17.2 Å². The minimum absolute atomic E-state index is 0.182. The molecule has 0 aliphatic heterocycles. The van der Waals surface area contributed by atoms with Crippen molar-refractivity contribution >= 4 is 28.1 Å². The number of ether oxygens (including phenoxy) is 2. The molecule has 0 aliphatic carbocycles. The Morgan fingerprint density at radius 3 is 2.71 bits per heavy atom. The Balaban J connectivity index is 1.50. The van der Waals surface area contributed by atoms with E-state index in [-0.39, 0.29) is 5.91 Å². The molecule has 2 N–H and O–H groups in total. The summed E-state index contributed by atoms with van der Waals surface area (Å²) in [6, 6.07) is 15.4. The molecule has 0 unspecified atom stereocenters. The van der Waals surface area contributed by atoms with E-state index in [0.29, 0.717) is 24.0 Å². The van der Waals surface area contributed by atoms with Gasteiger partial charge in [0.2, 0.25) is 0 Å². The van der Waals surface area contributed by atoms with Crippen molar-refractivity contribution in [1.29, 1.82) is 0 Å². The number of benzene rings is 2. The first-order valence-corrected chi connectivity index (χ1v) is 9.92. The zero-order chi connectivity index (χ0) is 19.8. The van der Waals surface area contributed by atoms with E-state index < -0.39 is 0 Å². The van der Waals surface area contributed by atoms with Crippen molar-refractivity contribution in [3.8, 4) is 11.5 Å². The van der Waals surface area contributed by atoms with Crippen molar-refractivity contribution in [2.75, 3.05) is 25.6 Å². The van der Waals surface area contributed by atoms with Crippen LogP contribution in [0.2, 0.25) is 0 Å². The summed E-state index contributed by atoms with van der Waals surface area (Å²) in [7, 11) is 1.64. The molecule has 3 rings (SSSR count). The number of anilines is 2. The number of rotatable bonds is 9. The van der Waals surface area contributed by atoms with Crippen molar-refractivity contribution < 1.29 is 14.3 Å².